The van der Waals surface area contributed by atoms with Crippen molar-refractivity contribution in [1.82, 2.24) is 10.9 Å². The number of rotatable bonds is 21. The van der Waals surface area contributed by atoms with Crippen molar-refractivity contribution in [2.45, 2.75) is 175 Å². The number of unbranched alkanes of at least 4 members (excludes halogenated alkanes) is 15. The Hall–Kier alpha value is -1.55. The van der Waals surface area contributed by atoms with Crippen LogP contribution in [0.3, 0.4) is 0 Å². The summed E-state index contributed by atoms with van der Waals surface area (Å²) >= 11 is 0. The first-order valence-corrected chi connectivity index (χ1v) is 16.4. The van der Waals surface area contributed by atoms with E-state index in [4.69, 9.17) is 0 Å². The highest BCUT2D eigenvalue weighted by Crippen LogP contribution is 2.40. The summed E-state index contributed by atoms with van der Waals surface area (Å²) in [5.74, 6) is 0.415. The van der Waals surface area contributed by atoms with Crippen molar-refractivity contribution in [2.75, 3.05) is 6.54 Å². The van der Waals surface area contributed by atoms with E-state index < -0.39 is 0 Å². The molecule has 3 N–H and O–H groups in total. The van der Waals surface area contributed by atoms with Gasteiger partial charge < -0.3 is 5.11 Å². The lowest BCUT2D eigenvalue weighted by atomic mass is 9.78. The van der Waals surface area contributed by atoms with Crippen LogP contribution < -0.4 is 10.9 Å². The van der Waals surface area contributed by atoms with Crippen LogP contribution >= 0.6 is 0 Å². The maximum atomic E-state index is 12.4. The van der Waals surface area contributed by atoms with Crippen molar-refractivity contribution in [2.24, 2.45) is 0 Å². The van der Waals surface area contributed by atoms with Crippen LogP contribution in [0, 0.1) is 0 Å². The minimum absolute atomic E-state index is 0.0224. The number of hydrazine groups is 1. The smallest absolute Gasteiger partial charge is 0.234 e. The summed E-state index contributed by atoms with van der Waals surface area (Å²) in [5, 5.41) is 10.9. The Balaban J connectivity index is 2.10. The molecule has 0 aromatic heterocycles. The molecule has 0 radical (unpaired) electrons. The fourth-order valence-electron chi connectivity index (χ4n) is 5.22. The van der Waals surface area contributed by atoms with Gasteiger partial charge in [0, 0.05) is 13.0 Å². The van der Waals surface area contributed by atoms with E-state index in [9.17, 15) is 9.90 Å². The molecule has 0 spiro atoms. The molecule has 0 aliphatic heterocycles. The summed E-state index contributed by atoms with van der Waals surface area (Å²) in [6.07, 6.45) is 23.0. The Morgan fingerprint density at radius 2 is 1.05 bits per heavy atom. The summed E-state index contributed by atoms with van der Waals surface area (Å²) in [7, 11) is 0. The van der Waals surface area contributed by atoms with Crippen LogP contribution in [0.2, 0.25) is 0 Å². The number of aryl methyl sites for hydroxylation is 1. The van der Waals surface area contributed by atoms with Gasteiger partial charge in [-0.1, -0.05) is 157 Å². The van der Waals surface area contributed by atoms with Crippen LogP contribution in [0.5, 0.6) is 5.75 Å². The molecule has 226 valence electrons. The molecule has 0 heterocycles. The van der Waals surface area contributed by atoms with Gasteiger partial charge in [-0.05, 0) is 40.4 Å². The Bertz CT molecular complexity index is 754. The van der Waals surface area contributed by atoms with Crippen molar-refractivity contribution in [1.29, 1.82) is 0 Å². The summed E-state index contributed by atoms with van der Waals surface area (Å²) in [5.41, 5.74) is 8.68. The van der Waals surface area contributed by atoms with E-state index >= 15 is 0 Å². The van der Waals surface area contributed by atoms with Gasteiger partial charge in [0.15, 0.2) is 0 Å². The highest BCUT2D eigenvalue weighted by molar-refractivity contribution is 5.75. The highest BCUT2D eigenvalue weighted by Gasteiger charge is 2.26. The number of carbonyl (C=O) groups is 1. The summed E-state index contributed by atoms with van der Waals surface area (Å²) in [6, 6.07) is 4.14. The number of carbonyl (C=O) groups excluding carboxylic acids is 1. The number of hydrogen-bond acceptors (Lipinski definition) is 3. The van der Waals surface area contributed by atoms with E-state index in [1.54, 1.807) is 0 Å². The summed E-state index contributed by atoms with van der Waals surface area (Å²) in [4.78, 5) is 12.4. The molecule has 0 unspecified atom stereocenters. The summed E-state index contributed by atoms with van der Waals surface area (Å²) in [6.45, 7) is 15.8. The SMILES string of the molecule is CCCCCCCCCCCCCCCCCCNNC(=O)CCc1cc(C(C)(C)C)c(O)c(C(C)(C)C)c1. The molecule has 0 fully saturated rings. The largest absolute Gasteiger partial charge is 0.507 e. The van der Waals surface area contributed by atoms with Crippen molar-refractivity contribution >= 4 is 5.91 Å². The first-order chi connectivity index (χ1) is 18.5. The van der Waals surface area contributed by atoms with Crippen LogP contribution in [-0.2, 0) is 22.0 Å². The zero-order valence-electron chi connectivity index (χ0n) is 26.9. The third-order valence-electron chi connectivity index (χ3n) is 7.81. The molecule has 0 aliphatic rings. The lowest BCUT2D eigenvalue weighted by Crippen LogP contribution is -2.38. The van der Waals surface area contributed by atoms with Gasteiger partial charge in [0.25, 0.3) is 0 Å². The van der Waals surface area contributed by atoms with Crippen LogP contribution in [0.4, 0.5) is 0 Å². The van der Waals surface area contributed by atoms with Crippen LogP contribution in [0.15, 0.2) is 12.1 Å². The first-order valence-electron chi connectivity index (χ1n) is 16.4. The number of hydrogen-bond donors (Lipinski definition) is 3. The van der Waals surface area contributed by atoms with Gasteiger partial charge >= 0.3 is 0 Å². The zero-order valence-corrected chi connectivity index (χ0v) is 26.9. The average molecular weight is 545 g/mol. The van der Waals surface area contributed by atoms with Gasteiger partial charge in [0.05, 0.1) is 0 Å². The Morgan fingerprint density at radius 3 is 1.44 bits per heavy atom. The molecular weight excluding hydrogens is 480 g/mol. The summed E-state index contributed by atoms with van der Waals surface area (Å²) < 4.78 is 0. The first kappa shape index (κ1) is 35.5. The number of nitrogens with one attached hydrogen (secondary N) is 2. The third-order valence-corrected chi connectivity index (χ3v) is 7.81. The lowest BCUT2D eigenvalue weighted by molar-refractivity contribution is -0.122. The fraction of sp³-hybridized carbons (Fsp3) is 0.800. The third kappa shape index (κ3) is 16.3. The number of phenolic OH excluding ortho intramolecular Hbond substituents is 1. The molecule has 0 saturated heterocycles. The van der Waals surface area contributed by atoms with Gasteiger partial charge in [0.1, 0.15) is 5.75 Å². The second kappa shape index (κ2) is 19.5. The molecule has 4 nitrogen and oxygen atoms in total. The minimum Gasteiger partial charge on any atom is -0.507 e. The van der Waals surface area contributed by atoms with E-state index in [-0.39, 0.29) is 16.7 Å². The quantitative estimate of drug-likeness (QED) is 0.107. The van der Waals surface area contributed by atoms with Gasteiger partial charge in [0.2, 0.25) is 5.91 Å². The Kier molecular flexibility index (Phi) is 17.8. The van der Waals surface area contributed by atoms with Crippen molar-refractivity contribution < 1.29 is 9.90 Å². The van der Waals surface area contributed by atoms with Gasteiger partial charge in [-0.2, -0.15) is 0 Å². The maximum absolute atomic E-state index is 12.4. The maximum Gasteiger partial charge on any atom is 0.234 e. The number of amides is 1. The molecule has 0 bridgehead atoms. The molecule has 0 aliphatic carbocycles. The number of phenols is 1. The zero-order chi connectivity index (χ0) is 29.2. The topological polar surface area (TPSA) is 61.4 Å². The van der Waals surface area contributed by atoms with Crippen LogP contribution in [0.1, 0.15) is 174 Å². The molecule has 0 saturated carbocycles. The van der Waals surface area contributed by atoms with Crippen molar-refractivity contribution in [3.8, 4) is 5.75 Å². The molecule has 1 amide bonds. The van der Waals surface area contributed by atoms with Crippen molar-refractivity contribution in [3.63, 3.8) is 0 Å². The standard InChI is InChI=1S/C35H64N2O2/c1-8-9-10-11-12-13-14-15-16-17-18-19-20-21-22-23-26-36-37-32(38)25-24-29-27-30(34(2,3)4)33(39)31(28-29)35(5,6)7/h27-28,36,39H,8-26H2,1-7H3,(H,37,38). The molecule has 0 atom stereocenters. The van der Waals surface area contributed by atoms with E-state index in [2.05, 4.69) is 71.5 Å². The monoisotopic (exact) mass is 544 g/mol. The fourth-order valence-corrected chi connectivity index (χ4v) is 5.22. The minimum atomic E-state index is -0.156. The van der Waals surface area contributed by atoms with E-state index in [1.165, 1.54) is 96.3 Å². The number of benzene rings is 1. The van der Waals surface area contributed by atoms with E-state index in [1.807, 2.05) is 0 Å². The molecule has 4 heteroatoms. The normalized spacial score (nSPS) is 12.2. The van der Waals surface area contributed by atoms with Gasteiger partial charge in [-0.15, -0.1) is 0 Å². The molecule has 1 aromatic rings. The second-order valence-electron chi connectivity index (χ2n) is 13.8. The lowest BCUT2D eigenvalue weighted by Gasteiger charge is -2.28. The number of aromatic hydroxyl groups is 1. The molecule has 1 aromatic carbocycles. The predicted molar refractivity (Wildman–Crippen MR) is 170 cm³/mol. The van der Waals surface area contributed by atoms with Crippen LogP contribution in [0.25, 0.3) is 0 Å². The van der Waals surface area contributed by atoms with Crippen molar-refractivity contribution in [3.05, 3.63) is 28.8 Å². The molecule has 39 heavy (non-hydrogen) atoms. The van der Waals surface area contributed by atoms with Gasteiger partial charge in [-0.25, -0.2) is 5.43 Å². The second-order valence-corrected chi connectivity index (χ2v) is 13.8. The predicted octanol–water partition coefficient (Wildman–Crippen LogP) is 9.80. The van der Waals surface area contributed by atoms with E-state index in [0.717, 1.165) is 29.7 Å². The average Bonchev–Trinajstić information content (AvgIpc) is 2.86. The Labute approximate surface area is 242 Å². The van der Waals surface area contributed by atoms with Crippen LogP contribution in [-0.4, -0.2) is 17.6 Å². The van der Waals surface area contributed by atoms with Gasteiger partial charge in [-0.3, -0.25) is 10.2 Å². The molecular formula is C35H64N2O2. The van der Waals surface area contributed by atoms with E-state index in [0.29, 0.717) is 18.6 Å². The molecule has 1 rings (SSSR count). The Morgan fingerprint density at radius 1 is 0.667 bits per heavy atom. The highest BCUT2D eigenvalue weighted by atomic mass is 16.3.